The maximum Gasteiger partial charge on any atom is 0.410 e. The minimum absolute atomic E-state index is 0.0811. The molecular formula is C19H27F2NO3. The third kappa shape index (κ3) is 5.14. The van der Waals surface area contributed by atoms with Crippen LogP contribution in [0.25, 0.3) is 0 Å². The fourth-order valence-corrected chi connectivity index (χ4v) is 3.20. The van der Waals surface area contributed by atoms with Gasteiger partial charge in [-0.3, -0.25) is 0 Å². The van der Waals surface area contributed by atoms with Crippen LogP contribution in [0.4, 0.5) is 13.6 Å². The average Bonchev–Trinajstić information content (AvgIpc) is 2.48. The van der Waals surface area contributed by atoms with Crippen LogP contribution in [0.15, 0.2) is 18.2 Å². The van der Waals surface area contributed by atoms with E-state index in [1.807, 2.05) is 0 Å². The van der Waals surface area contributed by atoms with Crippen molar-refractivity contribution in [3.8, 4) is 0 Å². The third-order valence-corrected chi connectivity index (χ3v) is 4.44. The summed E-state index contributed by atoms with van der Waals surface area (Å²) in [5.41, 5.74) is -0.694. The molecule has 0 aromatic heterocycles. The van der Waals surface area contributed by atoms with Gasteiger partial charge in [0.2, 0.25) is 0 Å². The van der Waals surface area contributed by atoms with Crippen molar-refractivity contribution in [1.82, 2.24) is 4.90 Å². The average molecular weight is 355 g/mol. The molecule has 6 heteroatoms. The Kier molecular flexibility index (Phi) is 6.03. The van der Waals surface area contributed by atoms with E-state index in [0.717, 1.165) is 12.5 Å². The van der Waals surface area contributed by atoms with E-state index < -0.39 is 29.4 Å². The standard InChI is InChI=1S/C19H27F2NO3/c1-12-8-9-22(18(24)25-19(2,3)4)13(10-12)11-16(23)14-6-5-7-15(20)17(14)21/h5-7,12-13,16,23H,8-11H2,1-4H3. The molecule has 1 aromatic rings. The Labute approximate surface area is 147 Å². The minimum Gasteiger partial charge on any atom is -0.444 e. The molecule has 1 amide bonds. The Balaban J connectivity index is 2.15. The number of hydrogen-bond acceptors (Lipinski definition) is 3. The summed E-state index contributed by atoms with van der Waals surface area (Å²) in [6.45, 7) is 7.99. The highest BCUT2D eigenvalue weighted by Gasteiger charge is 2.34. The molecule has 0 aliphatic carbocycles. The molecule has 0 radical (unpaired) electrons. The molecule has 1 aromatic carbocycles. The van der Waals surface area contributed by atoms with Crippen LogP contribution >= 0.6 is 0 Å². The first-order valence-electron chi connectivity index (χ1n) is 8.70. The van der Waals surface area contributed by atoms with Crippen LogP contribution in [-0.4, -0.2) is 34.3 Å². The van der Waals surface area contributed by atoms with Crippen LogP contribution in [0, 0.1) is 17.6 Å². The topological polar surface area (TPSA) is 49.8 Å². The van der Waals surface area contributed by atoms with Gasteiger partial charge in [-0.15, -0.1) is 0 Å². The van der Waals surface area contributed by atoms with Crippen LogP contribution in [0.1, 0.15) is 58.6 Å². The van der Waals surface area contributed by atoms with Crippen molar-refractivity contribution >= 4 is 6.09 Å². The number of halogens is 2. The van der Waals surface area contributed by atoms with Crippen molar-refractivity contribution in [3.05, 3.63) is 35.4 Å². The lowest BCUT2D eigenvalue weighted by molar-refractivity contribution is -0.00302. The Hall–Kier alpha value is -1.69. The van der Waals surface area contributed by atoms with E-state index in [1.165, 1.54) is 12.1 Å². The van der Waals surface area contributed by atoms with Crippen molar-refractivity contribution in [1.29, 1.82) is 0 Å². The number of likely N-dealkylation sites (tertiary alicyclic amines) is 1. The lowest BCUT2D eigenvalue weighted by Gasteiger charge is -2.40. The number of benzene rings is 1. The zero-order valence-electron chi connectivity index (χ0n) is 15.3. The van der Waals surface area contributed by atoms with Gasteiger partial charge >= 0.3 is 6.09 Å². The molecule has 3 unspecified atom stereocenters. The first kappa shape index (κ1) is 19.6. The normalized spacial score (nSPS) is 22.6. The van der Waals surface area contributed by atoms with Gasteiger partial charge in [0.15, 0.2) is 11.6 Å². The fraction of sp³-hybridized carbons (Fsp3) is 0.632. The van der Waals surface area contributed by atoms with Crippen LogP contribution in [0.5, 0.6) is 0 Å². The van der Waals surface area contributed by atoms with E-state index in [4.69, 9.17) is 4.74 Å². The first-order chi connectivity index (χ1) is 11.6. The maximum atomic E-state index is 13.9. The largest absolute Gasteiger partial charge is 0.444 e. The molecule has 1 aliphatic heterocycles. The molecule has 1 aliphatic rings. The first-order valence-corrected chi connectivity index (χ1v) is 8.70. The second kappa shape index (κ2) is 7.68. The zero-order valence-corrected chi connectivity index (χ0v) is 15.3. The van der Waals surface area contributed by atoms with Gasteiger partial charge in [0.05, 0.1) is 6.10 Å². The molecule has 0 saturated carbocycles. The SMILES string of the molecule is CC1CCN(C(=O)OC(C)(C)C)C(CC(O)c2cccc(F)c2F)C1. The van der Waals surface area contributed by atoms with E-state index in [9.17, 15) is 18.7 Å². The summed E-state index contributed by atoms with van der Waals surface area (Å²) in [5, 5.41) is 10.4. The number of aliphatic hydroxyl groups excluding tert-OH is 1. The van der Waals surface area contributed by atoms with Crippen molar-refractivity contribution < 1.29 is 23.4 Å². The highest BCUT2D eigenvalue weighted by molar-refractivity contribution is 5.68. The number of nitrogens with zero attached hydrogens (tertiary/aromatic N) is 1. The summed E-state index contributed by atoms with van der Waals surface area (Å²) < 4.78 is 32.8. The van der Waals surface area contributed by atoms with Gasteiger partial charge in [-0.05, 0) is 52.0 Å². The molecule has 0 spiro atoms. The summed E-state index contributed by atoms with van der Waals surface area (Å²) in [6, 6.07) is 3.47. The van der Waals surface area contributed by atoms with Crippen LogP contribution in [0.3, 0.4) is 0 Å². The van der Waals surface area contributed by atoms with Crippen molar-refractivity contribution in [2.75, 3.05) is 6.54 Å². The molecule has 1 saturated heterocycles. The molecular weight excluding hydrogens is 328 g/mol. The van der Waals surface area contributed by atoms with E-state index in [-0.39, 0.29) is 18.0 Å². The number of carbonyl (C=O) groups is 1. The monoisotopic (exact) mass is 355 g/mol. The van der Waals surface area contributed by atoms with Crippen molar-refractivity contribution in [2.45, 2.75) is 64.7 Å². The summed E-state index contributed by atoms with van der Waals surface area (Å²) in [5.74, 6) is -1.64. The predicted octanol–water partition coefficient (Wildman–Crippen LogP) is 4.42. The van der Waals surface area contributed by atoms with Gasteiger partial charge in [-0.1, -0.05) is 19.1 Å². The molecule has 3 atom stereocenters. The van der Waals surface area contributed by atoms with E-state index >= 15 is 0 Å². The molecule has 1 fully saturated rings. The second-order valence-corrected chi connectivity index (χ2v) is 7.85. The summed E-state index contributed by atoms with van der Waals surface area (Å²) in [6.07, 6.45) is 0.0596. The van der Waals surface area contributed by atoms with E-state index in [0.29, 0.717) is 18.9 Å². The maximum absolute atomic E-state index is 13.9. The molecule has 140 valence electrons. The number of piperidine rings is 1. The van der Waals surface area contributed by atoms with Gasteiger partial charge in [0.25, 0.3) is 0 Å². The third-order valence-electron chi connectivity index (χ3n) is 4.44. The fourth-order valence-electron chi connectivity index (χ4n) is 3.20. The Morgan fingerprint density at radius 3 is 2.72 bits per heavy atom. The van der Waals surface area contributed by atoms with Crippen LogP contribution < -0.4 is 0 Å². The molecule has 2 rings (SSSR count). The summed E-state index contributed by atoms with van der Waals surface area (Å²) in [4.78, 5) is 14.1. The Morgan fingerprint density at radius 1 is 1.40 bits per heavy atom. The second-order valence-electron chi connectivity index (χ2n) is 7.85. The van der Waals surface area contributed by atoms with E-state index in [2.05, 4.69) is 6.92 Å². The number of rotatable bonds is 3. The van der Waals surface area contributed by atoms with Crippen LogP contribution in [-0.2, 0) is 4.74 Å². The van der Waals surface area contributed by atoms with Gasteiger partial charge in [-0.2, -0.15) is 0 Å². The number of hydrogen-bond donors (Lipinski definition) is 1. The number of amides is 1. The molecule has 1 N–H and O–H groups in total. The smallest absolute Gasteiger partial charge is 0.410 e. The van der Waals surface area contributed by atoms with Crippen molar-refractivity contribution in [2.24, 2.45) is 5.92 Å². The lowest BCUT2D eigenvalue weighted by Crippen LogP contribution is -2.48. The number of aliphatic hydroxyl groups is 1. The molecule has 25 heavy (non-hydrogen) atoms. The minimum atomic E-state index is -1.18. The summed E-state index contributed by atoms with van der Waals surface area (Å²) in [7, 11) is 0. The van der Waals surface area contributed by atoms with E-state index in [1.54, 1.807) is 25.7 Å². The van der Waals surface area contributed by atoms with Gasteiger partial charge in [0.1, 0.15) is 5.60 Å². The highest BCUT2D eigenvalue weighted by Crippen LogP contribution is 2.31. The Bertz CT molecular complexity index is 615. The molecule has 1 heterocycles. The molecule has 0 bridgehead atoms. The predicted molar refractivity (Wildman–Crippen MR) is 91.1 cm³/mol. The van der Waals surface area contributed by atoms with Crippen LogP contribution in [0.2, 0.25) is 0 Å². The Morgan fingerprint density at radius 2 is 2.08 bits per heavy atom. The molecule has 4 nitrogen and oxygen atoms in total. The lowest BCUT2D eigenvalue weighted by atomic mass is 9.88. The zero-order chi connectivity index (χ0) is 18.8. The summed E-state index contributed by atoms with van der Waals surface area (Å²) >= 11 is 0. The highest BCUT2D eigenvalue weighted by atomic mass is 19.2. The number of carbonyl (C=O) groups excluding carboxylic acids is 1. The van der Waals surface area contributed by atoms with Gasteiger partial charge in [0, 0.05) is 18.2 Å². The number of ether oxygens (including phenoxy) is 1. The van der Waals surface area contributed by atoms with Gasteiger partial charge in [-0.25, -0.2) is 13.6 Å². The van der Waals surface area contributed by atoms with Crippen molar-refractivity contribution in [3.63, 3.8) is 0 Å². The van der Waals surface area contributed by atoms with Gasteiger partial charge < -0.3 is 14.7 Å². The quantitative estimate of drug-likeness (QED) is 0.873.